The van der Waals surface area contributed by atoms with Gasteiger partial charge < -0.3 is 15.8 Å². The molecule has 0 aromatic heterocycles. The Kier molecular flexibility index (Phi) is 4.60. The van der Waals surface area contributed by atoms with E-state index in [4.69, 9.17) is 33.7 Å². The summed E-state index contributed by atoms with van der Waals surface area (Å²) < 4.78 is 4.75. The second-order valence-electron chi connectivity index (χ2n) is 4.53. The molecule has 0 heterocycles. The zero-order valence-electron chi connectivity index (χ0n) is 11.5. The molecule has 0 aliphatic rings. The second-order valence-corrected chi connectivity index (χ2v) is 5.34. The van der Waals surface area contributed by atoms with E-state index in [1.165, 1.54) is 13.2 Å². The molecule has 0 amide bonds. The number of rotatable bonds is 3. The summed E-state index contributed by atoms with van der Waals surface area (Å²) in [4.78, 5) is 11.9. The van der Waals surface area contributed by atoms with Gasteiger partial charge in [0, 0.05) is 5.69 Å². The fourth-order valence-electron chi connectivity index (χ4n) is 1.88. The standard InChI is InChI=1S/C15H14Cl2N2O2/c1-8-3-4-13(11(16)5-8)19-14-10(15(20)21-2)6-9(18)7-12(14)17/h3-7,19H,18H2,1-2H3. The van der Waals surface area contributed by atoms with Crippen molar-refractivity contribution in [2.24, 2.45) is 0 Å². The fraction of sp³-hybridized carbons (Fsp3) is 0.133. The van der Waals surface area contributed by atoms with Crippen molar-refractivity contribution in [2.75, 3.05) is 18.2 Å². The minimum absolute atomic E-state index is 0.249. The summed E-state index contributed by atoms with van der Waals surface area (Å²) in [5, 5.41) is 3.90. The summed E-state index contributed by atoms with van der Waals surface area (Å²) in [6, 6.07) is 8.58. The van der Waals surface area contributed by atoms with Gasteiger partial charge in [-0.3, -0.25) is 0 Å². The van der Waals surface area contributed by atoms with Gasteiger partial charge in [-0.25, -0.2) is 4.79 Å². The number of anilines is 3. The SMILES string of the molecule is COC(=O)c1cc(N)cc(Cl)c1Nc1ccc(C)cc1Cl. The number of methoxy groups -OCH3 is 1. The van der Waals surface area contributed by atoms with Crippen LogP contribution in [0.25, 0.3) is 0 Å². The lowest BCUT2D eigenvalue weighted by Gasteiger charge is -2.15. The van der Waals surface area contributed by atoms with Crippen molar-refractivity contribution in [3.05, 3.63) is 51.5 Å². The number of carbonyl (C=O) groups excluding carboxylic acids is 1. The van der Waals surface area contributed by atoms with Crippen LogP contribution in [-0.2, 0) is 4.74 Å². The number of nitrogens with two attached hydrogens (primary N) is 1. The fourth-order valence-corrected chi connectivity index (χ4v) is 2.44. The molecule has 0 aliphatic carbocycles. The molecule has 3 N–H and O–H groups in total. The third-order valence-electron chi connectivity index (χ3n) is 2.90. The van der Waals surface area contributed by atoms with Gasteiger partial charge in [0.2, 0.25) is 0 Å². The molecular formula is C15H14Cl2N2O2. The number of ether oxygens (including phenoxy) is 1. The van der Waals surface area contributed by atoms with Gasteiger partial charge >= 0.3 is 5.97 Å². The van der Waals surface area contributed by atoms with Crippen LogP contribution >= 0.6 is 23.2 Å². The molecule has 0 atom stereocenters. The summed E-state index contributed by atoms with van der Waals surface area (Å²) in [5.41, 5.74) is 8.42. The minimum atomic E-state index is -0.532. The van der Waals surface area contributed by atoms with Gasteiger partial charge in [0.1, 0.15) is 0 Å². The molecule has 0 saturated carbocycles. The van der Waals surface area contributed by atoms with E-state index in [1.807, 2.05) is 25.1 Å². The van der Waals surface area contributed by atoms with E-state index in [1.54, 1.807) is 6.07 Å². The van der Waals surface area contributed by atoms with Crippen LogP contribution in [0.15, 0.2) is 30.3 Å². The van der Waals surface area contributed by atoms with Crippen molar-refractivity contribution < 1.29 is 9.53 Å². The molecule has 0 saturated heterocycles. The molecule has 2 aromatic carbocycles. The summed E-state index contributed by atoms with van der Waals surface area (Å²) >= 11 is 12.4. The molecule has 0 fully saturated rings. The highest BCUT2D eigenvalue weighted by Gasteiger charge is 2.17. The molecule has 0 radical (unpaired) electrons. The minimum Gasteiger partial charge on any atom is -0.465 e. The molecule has 6 heteroatoms. The van der Waals surface area contributed by atoms with Crippen molar-refractivity contribution >= 4 is 46.2 Å². The van der Waals surface area contributed by atoms with E-state index in [-0.39, 0.29) is 5.56 Å². The third kappa shape index (κ3) is 3.40. The molecule has 0 bridgehead atoms. The number of nitrogens with one attached hydrogen (secondary N) is 1. The lowest BCUT2D eigenvalue weighted by molar-refractivity contribution is 0.0602. The average Bonchev–Trinajstić information content (AvgIpc) is 2.42. The molecule has 4 nitrogen and oxygen atoms in total. The normalized spacial score (nSPS) is 10.3. The Balaban J connectivity index is 2.50. The Morgan fingerprint density at radius 1 is 1.19 bits per heavy atom. The average molecular weight is 325 g/mol. The van der Waals surface area contributed by atoms with Crippen LogP contribution in [0.5, 0.6) is 0 Å². The summed E-state index contributed by atoms with van der Waals surface area (Å²) in [6.45, 7) is 1.94. The van der Waals surface area contributed by atoms with Crippen LogP contribution in [-0.4, -0.2) is 13.1 Å². The molecule has 0 unspecified atom stereocenters. The van der Waals surface area contributed by atoms with E-state index >= 15 is 0 Å². The number of halogens is 2. The third-order valence-corrected chi connectivity index (χ3v) is 3.51. The molecule has 110 valence electrons. The summed E-state index contributed by atoms with van der Waals surface area (Å²) in [7, 11) is 1.29. The predicted molar refractivity (Wildman–Crippen MR) is 86.7 cm³/mol. The highest BCUT2D eigenvalue weighted by Crippen LogP contribution is 2.34. The monoisotopic (exact) mass is 324 g/mol. The number of aryl methyl sites for hydroxylation is 1. The maximum absolute atomic E-state index is 11.9. The highest BCUT2D eigenvalue weighted by molar-refractivity contribution is 6.35. The van der Waals surface area contributed by atoms with Crippen LogP contribution in [0.4, 0.5) is 17.1 Å². The first-order valence-electron chi connectivity index (χ1n) is 6.13. The van der Waals surface area contributed by atoms with Gasteiger partial charge in [-0.1, -0.05) is 29.3 Å². The van der Waals surface area contributed by atoms with Crippen molar-refractivity contribution in [1.82, 2.24) is 0 Å². The molecule has 21 heavy (non-hydrogen) atoms. The molecular weight excluding hydrogens is 311 g/mol. The van der Waals surface area contributed by atoms with Gasteiger partial charge in [-0.15, -0.1) is 0 Å². The van der Waals surface area contributed by atoms with Crippen LogP contribution < -0.4 is 11.1 Å². The summed E-state index contributed by atoms with van der Waals surface area (Å²) in [5.74, 6) is -0.532. The van der Waals surface area contributed by atoms with E-state index < -0.39 is 5.97 Å². The molecule has 0 aliphatic heterocycles. The van der Waals surface area contributed by atoms with Gasteiger partial charge in [-0.2, -0.15) is 0 Å². The van der Waals surface area contributed by atoms with Crippen molar-refractivity contribution in [1.29, 1.82) is 0 Å². The van der Waals surface area contributed by atoms with Gasteiger partial charge in [0.05, 0.1) is 34.1 Å². The number of benzene rings is 2. The number of nitrogen functional groups attached to an aromatic ring is 1. The zero-order valence-corrected chi connectivity index (χ0v) is 13.0. The lowest BCUT2D eigenvalue weighted by atomic mass is 10.1. The first-order chi connectivity index (χ1) is 9.92. The smallest absolute Gasteiger partial charge is 0.340 e. The van der Waals surface area contributed by atoms with E-state index in [2.05, 4.69) is 5.32 Å². The predicted octanol–water partition coefficient (Wildman–Crippen LogP) is 4.41. The Bertz CT molecular complexity index is 702. The largest absolute Gasteiger partial charge is 0.465 e. The van der Waals surface area contributed by atoms with Crippen LogP contribution in [0.3, 0.4) is 0 Å². The Hall–Kier alpha value is -1.91. The van der Waals surface area contributed by atoms with Crippen molar-refractivity contribution in [2.45, 2.75) is 6.92 Å². The number of carbonyl (C=O) groups is 1. The first kappa shape index (κ1) is 15.5. The number of hydrogen-bond donors (Lipinski definition) is 2. The van der Waals surface area contributed by atoms with Gasteiger partial charge in [0.25, 0.3) is 0 Å². The van der Waals surface area contributed by atoms with E-state index in [0.717, 1.165) is 5.56 Å². The number of esters is 1. The number of hydrogen-bond acceptors (Lipinski definition) is 4. The quantitative estimate of drug-likeness (QED) is 0.648. The maximum Gasteiger partial charge on any atom is 0.340 e. The van der Waals surface area contributed by atoms with E-state index in [9.17, 15) is 4.79 Å². The Morgan fingerprint density at radius 2 is 1.90 bits per heavy atom. The lowest BCUT2D eigenvalue weighted by Crippen LogP contribution is -2.07. The van der Waals surface area contributed by atoms with E-state index in [0.29, 0.717) is 27.1 Å². The van der Waals surface area contributed by atoms with Crippen molar-refractivity contribution in [3.8, 4) is 0 Å². The highest BCUT2D eigenvalue weighted by atomic mass is 35.5. The Morgan fingerprint density at radius 3 is 2.52 bits per heavy atom. The van der Waals surface area contributed by atoms with Crippen LogP contribution in [0, 0.1) is 6.92 Å². The van der Waals surface area contributed by atoms with Crippen LogP contribution in [0.2, 0.25) is 10.0 Å². The van der Waals surface area contributed by atoms with Crippen molar-refractivity contribution in [3.63, 3.8) is 0 Å². The van der Waals surface area contributed by atoms with Crippen LogP contribution in [0.1, 0.15) is 15.9 Å². The van der Waals surface area contributed by atoms with Gasteiger partial charge in [-0.05, 0) is 36.8 Å². The zero-order chi connectivity index (χ0) is 15.6. The first-order valence-corrected chi connectivity index (χ1v) is 6.88. The molecule has 0 spiro atoms. The maximum atomic E-state index is 11.9. The second kappa shape index (κ2) is 6.24. The topological polar surface area (TPSA) is 64.3 Å². The summed E-state index contributed by atoms with van der Waals surface area (Å²) in [6.07, 6.45) is 0. The van der Waals surface area contributed by atoms with Gasteiger partial charge in [0.15, 0.2) is 0 Å². The molecule has 2 rings (SSSR count). The molecule has 2 aromatic rings. The Labute approximate surface area is 132 Å².